The fraction of sp³-hybridized carbons (Fsp3) is 0.250. The molecule has 0 aliphatic heterocycles. The molecule has 108 valence electrons. The molecule has 1 aromatic carbocycles. The third kappa shape index (κ3) is 3.62. The summed E-state index contributed by atoms with van der Waals surface area (Å²) < 4.78 is 0. The van der Waals surface area contributed by atoms with Gasteiger partial charge in [-0.05, 0) is 23.9 Å². The van der Waals surface area contributed by atoms with Crippen molar-refractivity contribution in [3.8, 4) is 0 Å². The topological polar surface area (TPSA) is 53.6 Å². The average Bonchev–Trinajstić information content (AvgIpc) is 2.88. The van der Waals surface area contributed by atoms with Crippen molar-refractivity contribution in [2.45, 2.75) is 36.6 Å². The molecular formula is C16H18N4S. The number of H-pyrrole nitrogens is 1. The van der Waals surface area contributed by atoms with E-state index in [0.717, 1.165) is 27.8 Å². The Morgan fingerprint density at radius 3 is 2.67 bits per heavy atom. The maximum atomic E-state index is 4.41. The summed E-state index contributed by atoms with van der Waals surface area (Å²) in [5, 5.41) is 6.38. The number of benzene rings is 1. The van der Waals surface area contributed by atoms with Gasteiger partial charge in [0.05, 0.1) is 5.03 Å². The molecule has 0 aliphatic rings. The van der Waals surface area contributed by atoms with E-state index in [2.05, 4.69) is 52.3 Å². The van der Waals surface area contributed by atoms with Gasteiger partial charge in [-0.3, -0.25) is 0 Å². The van der Waals surface area contributed by atoms with Crippen LogP contribution < -0.4 is 5.32 Å². The second-order valence-corrected chi connectivity index (χ2v) is 6.24. The van der Waals surface area contributed by atoms with Crippen LogP contribution >= 0.6 is 11.8 Å². The van der Waals surface area contributed by atoms with Crippen molar-refractivity contribution < 1.29 is 0 Å². The van der Waals surface area contributed by atoms with Gasteiger partial charge in [-0.25, -0.2) is 9.97 Å². The van der Waals surface area contributed by atoms with Gasteiger partial charge in [0.1, 0.15) is 0 Å². The van der Waals surface area contributed by atoms with E-state index < -0.39 is 0 Å². The molecule has 4 nitrogen and oxygen atoms in total. The Kier molecular flexibility index (Phi) is 4.22. The highest BCUT2D eigenvalue weighted by Gasteiger charge is 2.05. The fourth-order valence-corrected chi connectivity index (χ4v) is 2.76. The molecule has 3 aromatic rings. The first-order valence-corrected chi connectivity index (χ1v) is 7.82. The number of aromatic nitrogens is 3. The fourth-order valence-electron chi connectivity index (χ4n) is 2.01. The summed E-state index contributed by atoms with van der Waals surface area (Å²) in [5.74, 6) is 0. The Morgan fingerprint density at radius 1 is 1.19 bits per heavy atom. The molecule has 0 saturated heterocycles. The largest absolute Gasteiger partial charge is 0.349 e. The van der Waals surface area contributed by atoms with Gasteiger partial charge in [-0.15, -0.1) is 0 Å². The first-order chi connectivity index (χ1) is 10.2. The third-order valence-electron chi connectivity index (χ3n) is 3.10. The lowest BCUT2D eigenvalue weighted by molar-refractivity contribution is 0.585. The van der Waals surface area contributed by atoms with Crippen LogP contribution in [0.3, 0.4) is 0 Å². The lowest BCUT2D eigenvalue weighted by Crippen LogP contribution is -2.21. The van der Waals surface area contributed by atoms with Crippen molar-refractivity contribution >= 4 is 22.7 Å². The Bertz CT molecular complexity index is 685. The predicted octanol–water partition coefficient (Wildman–Crippen LogP) is 3.61. The maximum absolute atomic E-state index is 4.41. The van der Waals surface area contributed by atoms with E-state index in [-0.39, 0.29) is 0 Å². The summed E-state index contributed by atoms with van der Waals surface area (Å²) in [7, 11) is 0. The van der Waals surface area contributed by atoms with E-state index in [1.807, 2.05) is 24.5 Å². The normalized spacial score (nSPS) is 11.4. The van der Waals surface area contributed by atoms with E-state index in [4.69, 9.17) is 0 Å². The standard InChI is InChI=1S/C16H18N4S/c1-11(2)17-8-12-9-18-16(19-10-12)21-15-7-13-5-3-4-6-14(13)20-15/h3-7,9-11,17,20H,8H2,1-2H3. The molecule has 3 rings (SSSR count). The first-order valence-electron chi connectivity index (χ1n) is 7.00. The molecule has 0 aliphatic carbocycles. The number of hydrogen-bond donors (Lipinski definition) is 2. The number of hydrogen-bond acceptors (Lipinski definition) is 4. The van der Waals surface area contributed by atoms with E-state index >= 15 is 0 Å². The van der Waals surface area contributed by atoms with Crippen LogP contribution in [0.25, 0.3) is 10.9 Å². The Morgan fingerprint density at radius 2 is 1.95 bits per heavy atom. The highest BCUT2D eigenvalue weighted by atomic mass is 32.2. The van der Waals surface area contributed by atoms with Gasteiger partial charge in [0.15, 0.2) is 5.16 Å². The van der Waals surface area contributed by atoms with Gasteiger partial charge in [-0.2, -0.15) is 0 Å². The van der Waals surface area contributed by atoms with Crippen molar-refractivity contribution in [1.82, 2.24) is 20.3 Å². The monoisotopic (exact) mass is 298 g/mol. The van der Waals surface area contributed by atoms with Crippen molar-refractivity contribution in [1.29, 1.82) is 0 Å². The average molecular weight is 298 g/mol. The van der Waals surface area contributed by atoms with E-state index in [1.165, 1.54) is 5.39 Å². The van der Waals surface area contributed by atoms with Gasteiger partial charge in [0.25, 0.3) is 0 Å². The summed E-state index contributed by atoms with van der Waals surface area (Å²) >= 11 is 1.55. The van der Waals surface area contributed by atoms with Gasteiger partial charge in [0.2, 0.25) is 0 Å². The zero-order valence-corrected chi connectivity index (χ0v) is 12.9. The molecule has 2 N–H and O–H groups in total. The molecule has 0 radical (unpaired) electrons. The molecule has 0 spiro atoms. The number of rotatable bonds is 5. The zero-order valence-electron chi connectivity index (χ0n) is 12.1. The van der Waals surface area contributed by atoms with Crippen LogP contribution in [-0.2, 0) is 6.54 Å². The Labute approximate surface area is 128 Å². The molecule has 0 amide bonds. The third-order valence-corrected chi connectivity index (χ3v) is 3.94. The number of para-hydroxylation sites is 1. The van der Waals surface area contributed by atoms with Crippen LogP contribution in [0.4, 0.5) is 0 Å². The first kappa shape index (κ1) is 14.1. The van der Waals surface area contributed by atoms with Crippen molar-refractivity contribution in [3.63, 3.8) is 0 Å². The van der Waals surface area contributed by atoms with Crippen LogP contribution in [-0.4, -0.2) is 21.0 Å². The van der Waals surface area contributed by atoms with E-state index in [1.54, 1.807) is 11.8 Å². The van der Waals surface area contributed by atoms with Crippen molar-refractivity contribution in [2.75, 3.05) is 0 Å². The lowest BCUT2D eigenvalue weighted by atomic mass is 10.3. The molecule has 21 heavy (non-hydrogen) atoms. The van der Waals surface area contributed by atoms with Crippen molar-refractivity contribution in [3.05, 3.63) is 48.3 Å². The number of aromatic amines is 1. The van der Waals surface area contributed by atoms with Gasteiger partial charge in [-0.1, -0.05) is 32.0 Å². The van der Waals surface area contributed by atoms with Gasteiger partial charge >= 0.3 is 0 Å². The Balaban J connectivity index is 1.69. The molecule has 2 heterocycles. The summed E-state index contributed by atoms with van der Waals surface area (Å²) in [4.78, 5) is 12.2. The summed E-state index contributed by atoms with van der Waals surface area (Å²) in [6.07, 6.45) is 3.76. The van der Waals surface area contributed by atoms with Crippen LogP contribution in [0.15, 0.2) is 52.9 Å². The van der Waals surface area contributed by atoms with E-state index in [9.17, 15) is 0 Å². The van der Waals surface area contributed by atoms with E-state index in [0.29, 0.717) is 6.04 Å². The second kappa shape index (κ2) is 6.28. The minimum Gasteiger partial charge on any atom is -0.349 e. The van der Waals surface area contributed by atoms with Gasteiger partial charge in [0, 0.05) is 41.4 Å². The molecule has 5 heteroatoms. The quantitative estimate of drug-likeness (QED) is 0.707. The Hall–Kier alpha value is -1.85. The summed E-state index contributed by atoms with van der Waals surface area (Å²) in [6, 6.07) is 10.8. The van der Waals surface area contributed by atoms with Crippen molar-refractivity contribution in [2.24, 2.45) is 0 Å². The molecular weight excluding hydrogens is 280 g/mol. The highest BCUT2D eigenvalue weighted by molar-refractivity contribution is 7.99. The predicted molar refractivity (Wildman–Crippen MR) is 86.4 cm³/mol. The molecule has 0 fully saturated rings. The number of nitrogens with one attached hydrogen (secondary N) is 2. The highest BCUT2D eigenvalue weighted by Crippen LogP contribution is 2.27. The molecule has 0 atom stereocenters. The smallest absolute Gasteiger partial charge is 0.193 e. The molecule has 0 bridgehead atoms. The zero-order chi connectivity index (χ0) is 14.7. The van der Waals surface area contributed by atoms with Crippen LogP contribution in [0.2, 0.25) is 0 Å². The molecule has 0 unspecified atom stereocenters. The lowest BCUT2D eigenvalue weighted by Gasteiger charge is -2.07. The minimum absolute atomic E-state index is 0.463. The van der Waals surface area contributed by atoms with Gasteiger partial charge < -0.3 is 10.3 Å². The van der Waals surface area contributed by atoms with Crippen LogP contribution in [0, 0.1) is 0 Å². The second-order valence-electron chi connectivity index (χ2n) is 5.23. The van der Waals surface area contributed by atoms with Crippen LogP contribution in [0.5, 0.6) is 0 Å². The number of fused-ring (bicyclic) bond motifs is 1. The summed E-state index contributed by atoms with van der Waals surface area (Å²) in [6.45, 7) is 5.05. The molecule has 0 saturated carbocycles. The number of nitrogens with zero attached hydrogens (tertiary/aromatic N) is 2. The molecule has 2 aromatic heterocycles. The SMILES string of the molecule is CC(C)NCc1cnc(Sc2cc3ccccc3[nH]2)nc1. The summed E-state index contributed by atoms with van der Waals surface area (Å²) in [5.41, 5.74) is 2.24. The van der Waals surface area contributed by atoms with Crippen LogP contribution in [0.1, 0.15) is 19.4 Å². The maximum Gasteiger partial charge on any atom is 0.193 e. The minimum atomic E-state index is 0.463.